The summed E-state index contributed by atoms with van der Waals surface area (Å²) in [6.07, 6.45) is 1.84. The molecule has 2 rings (SSSR count). The number of rotatable bonds is 5. The van der Waals surface area contributed by atoms with Crippen molar-refractivity contribution in [3.8, 4) is 0 Å². The van der Waals surface area contributed by atoms with Crippen LogP contribution in [0.25, 0.3) is 0 Å². The first-order valence-electron chi connectivity index (χ1n) is 7.54. The van der Waals surface area contributed by atoms with E-state index in [0.717, 1.165) is 19.2 Å². The van der Waals surface area contributed by atoms with E-state index >= 15 is 0 Å². The normalized spacial score (nSPS) is 18.5. The maximum atomic E-state index is 12.2. The first kappa shape index (κ1) is 17.3. The summed E-state index contributed by atoms with van der Waals surface area (Å²) < 4.78 is 0. The number of benzene rings is 1. The van der Waals surface area contributed by atoms with Gasteiger partial charge in [0.15, 0.2) is 0 Å². The standard InChI is InChI=1S/C16H20ClN3O3/c1-11(2)20-9-5-8-14(16(20)22)23-18-10-15(21)19-13-7-4-3-6-12(13)17/h3-4,6-7,10-11,14H,5,8-9H2,1-2H3,(H,19,21). The Bertz CT molecular complexity index is 604. The predicted molar refractivity (Wildman–Crippen MR) is 89.5 cm³/mol. The van der Waals surface area contributed by atoms with Crippen LogP contribution in [0.4, 0.5) is 5.69 Å². The van der Waals surface area contributed by atoms with Crippen molar-refractivity contribution < 1.29 is 14.4 Å². The predicted octanol–water partition coefficient (Wildman–Crippen LogP) is 2.68. The van der Waals surface area contributed by atoms with Crippen LogP contribution in [0.3, 0.4) is 0 Å². The van der Waals surface area contributed by atoms with Gasteiger partial charge in [0.2, 0.25) is 6.10 Å². The lowest BCUT2D eigenvalue weighted by atomic mass is 10.1. The van der Waals surface area contributed by atoms with Crippen molar-refractivity contribution in [3.05, 3.63) is 29.3 Å². The molecular formula is C16H20ClN3O3. The lowest BCUT2D eigenvalue weighted by Crippen LogP contribution is -2.48. The molecule has 23 heavy (non-hydrogen) atoms. The van der Waals surface area contributed by atoms with Gasteiger partial charge in [-0.15, -0.1) is 0 Å². The number of amides is 2. The SMILES string of the molecule is CC(C)N1CCCC(ON=CC(=O)Nc2ccccc2Cl)C1=O. The number of nitrogens with zero attached hydrogens (tertiary/aromatic N) is 2. The van der Waals surface area contributed by atoms with Gasteiger partial charge in [-0.2, -0.15) is 0 Å². The maximum Gasteiger partial charge on any atom is 0.270 e. The molecule has 2 amide bonds. The van der Waals surface area contributed by atoms with Crippen molar-refractivity contribution in [2.75, 3.05) is 11.9 Å². The average Bonchev–Trinajstić information content (AvgIpc) is 2.51. The Morgan fingerprint density at radius 1 is 1.48 bits per heavy atom. The monoisotopic (exact) mass is 337 g/mol. The Labute approximate surface area is 140 Å². The second kappa shape index (κ2) is 7.97. The van der Waals surface area contributed by atoms with Gasteiger partial charge in [0.05, 0.1) is 10.7 Å². The number of para-hydroxylation sites is 1. The fraction of sp³-hybridized carbons (Fsp3) is 0.438. The van der Waals surface area contributed by atoms with Gasteiger partial charge in [0, 0.05) is 12.6 Å². The van der Waals surface area contributed by atoms with Crippen LogP contribution in [0.1, 0.15) is 26.7 Å². The van der Waals surface area contributed by atoms with Gasteiger partial charge in [0.1, 0.15) is 6.21 Å². The van der Waals surface area contributed by atoms with Crippen molar-refractivity contribution in [1.82, 2.24) is 4.90 Å². The van der Waals surface area contributed by atoms with Crippen molar-refractivity contribution >= 4 is 35.3 Å². The molecule has 1 aromatic rings. The summed E-state index contributed by atoms with van der Waals surface area (Å²) in [5.41, 5.74) is 0.491. The van der Waals surface area contributed by atoms with E-state index in [4.69, 9.17) is 16.4 Å². The first-order chi connectivity index (χ1) is 11.0. The minimum absolute atomic E-state index is 0.0880. The molecule has 0 radical (unpaired) electrons. The lowest BCUT2D eigenvalue weighted by molar-refractivity contribution is -0.150. The number of anilines is 1. The molecule has 1 aromatic carbocycles. The van der Waals surface area contributed by atoms with Crippen LogP contribution < -0.4 is 5.32 Å². The zero-order valence-corrected chi connectivity index (χ0v) is 13.9. The fourth-order valence-electron chi connectivity index (χ4n) is 2.36. The van der Waals surface area contributed by atoms with E-state index in [-0.39, 0.29) is 11.9 Å². The molecule has 1 aliphatic heterocycles. The van der Waals surface area contributed by atoms with Gasteiger partial charge >= 0.3 is 0 Å². The molecule has 1 aliphatic rings. The number of likely N-dealkylation sites (tertiary alicyclic amines) is 1. The molecule has 0 bridgehead atoms. The Hall–Kier alpha value is -2.08. The zero-order valence-electron chi connectivity index (χ0n) is 13.2. The third-order valence-electron chi connectivity index (χ3n) is 3.54. The smallest absolute Gasteiger partial charge is 0.270 e. The molecule has 1 heterocycles. The van der Waals surface area contributed by atoms with Crippen molar-refractivity contribution in [3.63, 3.8) is 0 Å². The highest BCUT2D eigenvalue weighted by Gasteiger charge is 2.31. The van der Waals surface area contributed by atoms with E-state index in [0.29, 0.717) is 17.1 Å². The summed E-state index contributed by atoms with van der Waals surface area (Å²) in [6.45, 7) is 4.65. The van der Waals surface area contributed by atoms with E-state index < -0.39 is 12.0 Å². The number of halogens is 1. The lowest BCUT2D eigenvalue weighted by Gasteiger charge is -2.33. The Balaban J connectivity index is 1.87. The number of carbonyl (C=O) groups excluding carboxylic acids is 2. The van der Waals surface area contributed by atoms with Gasteiger partial charge in [-0.25, -0.2) is 0 Å². The topological polar surface area (TPSA) is 71.0 Å². The second-order valence-corrected chi connectivity index (χ2v) is 5.97. The molecular weight excluding hydrogens is 318 g/mol. The van der Waals surface area contributed by atoms with E-state index in [9.17, 15) is 9.59 Å². The number of oxime groups is 1. The number of hydrogen-bond acceptors (Lipinski definition) is 4. The van der Waals surface area contributed by atoms with Crippen molar-refractivity contribution in [2.45, 2.75) is 38.8 Å². The molecule has 1 N–H and O–H groups in total. The van der Waals surface area contributed by atoms with Gasteiger partial charge in [0.25, 0.3) is 11.8 Å². The molecule has 1 unspecified atom stereocenters. The van der Waals surface area contributed by atoms with E-state index in [2.05, 4.69) is 10.5 Å². The summed E-state index contributed by atoms with van der Waals surface area (Å²) >= 11 is 5.95. The van der Waals surface area contributed by atoms with E-state index in [1.807, 2.05) is 13.8 Å². The van der Waals surface area contributed by atoms with Crippen LogP contribution in [-0.2, 0) is 14.4 Å². The molecule has 0 aromatic heterocycles. The zero-order chi connectivity index (χ0) is 16.8. The third-order valence-corrected chi connectivity index (χ3v) is 3.87. The van der Waals surface area contributed by atoms with Crippen LogP contribution in [0, 0.1) is 0 Å². The average molecular weight is 338 g/mol. The highest BCUT2D eigenvalue weighted by atomic mass is 35.5. The van der Waals surface area contributed by atoms with Gasteiger partial charge in [-0.1, -0.05) is 28.9 Å². The van der Waals surface area contributed by atoms with Gasteiger partial charge < -0.3 is 15.1 Å². The highest BCUT2D eigenvalue weighted by Crippen LogP contribution is 2.20. The number of nitrogens with one attached hydrogen (secondary N) is 1. The molecule has 0 aliphatic carbocycles. The molecule has 1 atom stereocenters. The van der Waals surface area contributed by atoms with Gasteiger partial charge in [-0.3, -0.25) is 9.59 Å². The van der Waals surface area contributed by atoms with Gasteiger partial charge in [-0.05, 0) is 38.8 Å². The molecule has 6 nitrogen and oxygen atoms in total. The first-order valence-corrected chi connectivity index (χ1v) is 7.92. The Morgan fingerprint density at radius 3 is 2.91 bits per heavy atom. The minimum Gasteiger partial charge on any atom is -0.382 e. The second-order valence-electron chi connectivity index (χ2n) is 5.57. The summed E-state index contributed by atoms with van der Waals surface area (Å²) in [6, 6.07) is 7.01. The molecule has 124 valence electrons. The molecule has 7 heteroatoms. The largest absolute Gasteiger partial charge is 0.382 e. The molecule has 1 saturated heterocycles. The van der Waals surface area contributed by atoms with Crippen molar-refractivity contribution in [1.29, 1.82) is 0 Å². The Kier molecular flexibility index (Phi) is 5.98. The highest BCUT2D eigenvalue weighted by molar-refractivity contribution is 6.36. The van der Waals surface area contributed by atoms with Crippen LogP contribution in [0.5, 0.6) is 0 Å². The molecule has 1 fully saturated rings. The van der Waals surface area contributed by atoms with Crippen LogP contribution in [-0.4, -0.2) is 41.6 Å². The number of piperidine rings is 1. The van der Waals surface area contributed by atoms with Crippen LogP contribution in [0.2, 0.25) is 5.02 Å². The summed E-state index contributed by atoms with van der Waals surface area (Å²) in [7, 11) is 0. The minimum atomic E-state index is -0.629. The molecule has 0 spiro atoms. The third kappa shape index (κ3) is 4.69. The summed E-state index contributed by atoms with van der Waals surface area (Å²) in [5, 5.41) is 6.66. The van der Waals surface area contributed by atoms with Crippen LogP contribution in [0.15, 0.2) is 29.4 Å². The Morgan fingerprint density at radius 2 is 2.22 bits per heavy atom. The fourth-order valence-corrected chi connectivity index (χ4v) is 2.54. The number of hydrogen-bond donors (Lipinski definition) is 1. The summed E-state index contributed by atoms with van der Waals surface area (Å²) in [4.78, 5) is 30.9. The molecule has 0 saturated carbocycles. The quantitative estimate of drug-likeness (QED) is 0.663. The summed E-state index contributed by atoms with van der Waals surface area (Å²) in [5.74, 6) is -0.558. The van der Waals surface area contributed by atoms with E-state index in [1.165, 1.54) is 0 Å². The number of carbonyl (C=O) groups is 2. The van der Waals surface area contributed by atoms with E-state index in [1.54, 1.807) is 29.2 Å². The maximum absolute atomic E-state index is 12.2. The van der Waals surface area contributed by atoms with Crippen LogP contribution >= 0.6 is 11.6 Å². The van der Waals surface area contributed by atoms with Crippen molar-refractivity contribution in [2.24, 2.45) is 5.16 Å².